The average Bonchev–Trinajstić information content (AvgIpc) is 3.32. The van der Waals surface area contributed by atoms with Gasteiger partial charge in [0.25, 0.3) is 5.91 Å². The SMILES string of the molecule is N#Cc1ccc(CN2CCC(NCc3ccccc3)C(Oc3ccc4c(c3)CN(C3CCC(=O)NC3=O)C4=O)C2)cc1. The van der Waals surface area contributed by atoms with E-state index >= 15 is 0 Å². The molecule has 9 nitrogen and oxygen atoms in total. The van der Waals surface area contributed by atoms with Gasteiger partial charge in [-0.15, -0.1) is 0 Å². The van der Waals surface area contributed by atoms with Crippen LogP contribution in [0.3, 0.4) is 0 Å². The minimum absolute atomic E-state index is 0.122. The number of amides is 3. The zero-order valence-corrected chi connectivity index (χ0v) is 23.3. The van der Waals surface area contributed by atoms with E-state index in [0.717, 1.165) is 37.2 Å². The number of imide groups is 1. The van der Waals surface area contributed by atoms with Crippen LogP contribution in [0.4, 0.5) is 0 Å². The van der Waals surface area contributed by atoms with E-state index < -0.39 is 11.9 Å². The lowest BCUT2D eigenvalue weighted by molar-refractivity contribution is -0.136. The Morgan fingerprint density at radius 3 is 2.55 bits per heavy atom. The number of hydrogen-bond donors (Lipinski definition) is 2. The molecule has 2 saturated heterocycles. The molecule has 3 aromatic rings. The maximum absolute atomic E-state index is 13.1. The Labute approximate surface area is 245 Å². The summed E-state index contributed by atoms with van der Waals surface area (Å²) < 4.78 is 6.64. The Morgan fingerprint density at radius 2 is 1.79 bits per heavy atom. The van der Waals surface area contributed by atoms with Gasteiger partial charge >= 0.3 is 0 Å². The van der Waals surface area contributed by atoms with Crippen LogP contribution in [0.5, 0.6) is 5.75 Å². The quantitative estimate of drug-likeness (QED) is 0.405. The molecule has 3 heterocycles. The summed E-state index contributed by atoms with van der Waals surface area (Å²) in [4.78, 5) is 41.1. The molecule has 0 bridgehead atoms. The second-order valence-electron chi connectivity index (χ2n) is 11.2. The monoisotopic (exact) mass is 563 g/mol. The number of piperidine rings is 2. The minimum Gasteiger partial charge on any atom is -0.487 e. The van der Waals surface area contributed by atoms with Crippen LogP contribution in [-0.4, -0.2) is 58.8 Å². The number of carbonyl (C=O) groups is 3. The highest BCUT2D eigenvalue weighted by molar-refractivity contribution is 6.05. The first kappa shape index (κ1) is 27.6. The highest BCUT2D eigenvalue weighted by Gasteiger charge is 2.39. The molecule has 3 unspecified atom stereocenters. The number of nitrogens with one attached hydrogen (secondary N) is 2. The topological polar surface area (TPSA) is 115 Å². The predicted octanol–water partition coefficient (Wildman–Crippen LogP) is 3.13. The van der Waals surface area contributed by atoms with E-state index in [0.29, 0.717) is 36.4 Å². The lowest BCUT2D eigenvalue weighted by Gasteiger charge is -2.39. The van der Waals surface area contributed by atoms with E-state index in [4.69, 9.17) is 10.00 Å². The maximum atomic E-state index is 13.1. The summed E-state index contributed by atoms with van der Waals surface area (Å²) in [5.41, 5.74) is 4.39. The number of nitriles is 1. The molecule has 214 valence electrons. The average molecular weight is 564 g/mol. The fourth-order valence-corrected chi connectivity index (χ4v) is 6.06. The molecule has 9 heteroatoms. The molecular formula is C33H33N5O4. The fraction of sp³-hybridized carbons (Fsp3) is 0.333. The third-order valence-electron chi connectivity index (χ3n) is 8.33. The zero-order valence-electron chi connectivity index (χ0n) is 23.3. The molecule has 3 aromatic carbocycles. The van der Waals surface area contributed by atoms with Crippen molar-refractivity contribution in [1.82, 2.24) is 20.4 Å². The van der Waals surface area contributed by atoms with Crippen LogP contribution in [0.1, 0.15) is 51.9 Å². The highest BCUT2D eigenvalue weighted by Crippen LogP contribution is 2.31. The normalized spacial score (nSPS) is 22.4. The summed E-state index contributed by atoms with van der Waals surface area (Å²) in [5.74, 6) is -0.226. The van der Waals surface area contributed by atoms with Crippen molar-refractivity contribution in [3.05, 3.63) is 101 Å². The number of ether oxygens (including phenoxy) is 1. The molecular weight excluding hydrogens is 530 g/mol. The van der Waals surface area contributed by atoms with Crippen LogP contribution >= 0.6 is 0 Å². The highest BCUT2D eigenvalue weighted by atomic mass is 16.5. The summed E-state index contributed by atoms with van der Waals surface area (Å²) in [6.07, 6.45) is 1.32. The Kier molecular flexibility index (Phi) is 8.00. The fourth-order valence-electron chi connectivity index (χ4n) is 6.06. The lowest BCUT2D eigenvalue weighted by Crippen LogP contribution is -2.54. The molecule has 3 atom stereocenters. The third kappa shape index (κ3) is 6.05. The van der Waals surface area contributed by atoms with E-state index in [1.54, 1.807) is 11.0 Å². The lowest BCUT2D eigenvalue weighted by atomic mass is 10.00. The Balaban J connectivity index is 1.17. The summed E-state index contributed by atoms with van der Waals surface area (Å²) in [7, 11) is 0. The van der Waals surface area contributed by atoms with Crippen molar-refractivity contribution in [2.24, 2.45) is 0 Å². The van der Waals surface area contributed by atoms with Gasteiger partial charge in [0.05, 0.1) is 11.6 Å². The van der Waals surface area contributed by atoms with Crippen molar-refractivity contribution in [3.8, 4) is 11.8 Å². The summed E-state index contributed by atoms with van der Waals surface area (Å²) in [5, 5.41) is 15.2. The van der Waals surface area contributed by atoms with Gasteiger partial charge in [0, 0.05) is 50.7 Å². The number of rotatable bonds is 8. The Bertz CT molecular complexity index is 1520. The largest absolute Gasteiger partial charge is 0.487 e. The van der Waals surface area contributed by atoms with E-state index in [9.17, 15) is 14.4 Å². The molecule has 6 rings (SSSR count). The molecule has 0 aromatic heterocycles. The third-order valence-corrected chi connectivity index (χ3v) is 8.33. The van der Waals surface area contributed by atoms with Gasteiger partial charge in [0.2, 0.25) is 11.8 Å². The molecule has 0 radical (unpaired) electrons. The van der Waals surface area contributed by atoms with E-state index in [-0.39, 0.29) is 30.4 Å². The Hall–Kier alpha value is -4.52. The van der Waals surface area contributed by atoms with Gasteiger partial charge in [-0.1, -0.05) is 42.5 Å². The molecule has 3 amide bonds. The summed E-state index contributed by atoms with van der Waals surface area (Å²) in [6, 6.07) is 25.2. The molecule has 0 aliphatic carbocycles. The van der Waals surface area contributed by atoms with Crippen molar-refractivity contribution in [2.75, 3.05) is 13.1 Å². The second kappa shape index (κ2) is 12.1. The smallest absolute Gasteiger partial charge is 0.255 e. The second-order valence-corrected chi connectivity index (χ2v) is 11.2. The van der Waals surface area contributed by atoms with Crippen LogP contribution in [0.2, 0.25) is 0 Å². The number of hydrogen-bond acceptors (Lipinski definition) is 7. The van der Waals surface area contributed by atoms with E-state index in [2.05, 4.69) is 33.7 Å². The number of likely N-dealkylation sites (tertiary alicyclic amines) is 1. The number of carbonyl (C=O) groups excluding carboxylic acids is 3. The molecule has 3 aliphatic heterocycles. The van der Waals surface area contributed by atoms with Crippen molar-refractivity contribution in [3.63, 3.8) is 0 Å². The van der Waals surface area contributed by atoms with Gasteiger partial charge < -0.3 is 15.0 Å². The van der Waals surface area contributed by atoms with Gasteiger partial charge in [0.1, 0.15) is 17.9 Å². The number of fused-ring (bicyclic) bond motifs is 1. The van der Waals surface area contributed by atoms with Crippen molar-refractivity contribution >= 4 is 17.7 Å². The first-order chi connectivity index (χ1) is 20.5. The first-order valence-electron chi connectivity index (χ1n) is 14.4. The van der Waals surface area contributed by atoms with Gasteiger partial charge in [0.15, 0.2) is 0 Å². The Morgan fingerprint density at radius 1 is 0.976 bits per heavy atom. The minimum atomic E-state index is -0.646. The van der Waals surface area contributed by atoms with Gasteiger partial charge in [-0.25, -0.2) is 0 Å². The molecule has 0 spiro atoms. The standard InChI is InChI=1S/C33H33N5O4/c34-17-22-6-8-24(9-7-22)19-37-15-14-28(35-18-23-4-2-1-3-5-23)30(21-37)42-26-10-11-27-25(16-26)20-38(33(27)41)29-12-13-31(39)36-32(29)40/h1-11,16,28-30,35H,12-15,18-21H2,(H,36,39,40). The number of nitrogens with zero attached hydrogens (tertiary/aromatic N) is 3. The molecule has 2 N–H and O–H groups in total. The summed E-state index contributed by atoms with van der Waals surface area (Å²) >= 11 is 0. The zero-order chi connectivity index (χ0) is 29.1. The molecule has 0 saturated carbocycles. The maximum Gasteiger partial charge on any atom is 0.255 e. The molecule has 42 heavy (non-hydrogen) atoms. The van der Waals surface area contributed by atoms with E-state index in [1.807, 2.05) is 54.6 Å². The van der Waals surface area contributed by atoms with Crippen molar-refractivity contribution < 1.29 is 19.1 Å². The first-order valence-corrected chi connectivity index (χ1v) is 14.4. The number of benzene rings is 3. The summed E-state index contributed by atoms with van der Waals surface area (Å²) in [6.45, 7) is 3.43. The van der Waals surface area contributed by atoms with Crippen LogP contribution in [-0.2, 0) is 29.2 Å². The predicted molar refractivity (Wildman–Crippen MR) is 155 cm³/mol. The van der Waals surface area contributed by atoms with Crippen LogP contribution in [0.25, 0.3) is 0 Å². The van der Waals surface area contributed by atoms with Gasteiger partial charge in [-0.2, -0.15) is 5.26 Å². The van der Waals surface area contributed by atoms with Crippen LogP contribution in [0, 0.1) is 11.3 Å². The molecule has 2 fully saturated rings. The van der Waals surface area contributed by atoms with Crippen molar-refractivity contribution in [1.29, 1.82) is 5.26 Å². The molecule has 3 aliphatic rings. The van der Waals surface area contributed by atoms with Gasteiger partial charge in [-0.05, 0) is 59.9 Å². The van der Waals surface area contributed by atoms with Crippen LogP contribution < -0.4 is 15.4 Å². The van der Waals surface area contributed by atoms with Gasteiger partial charge in [-0.3, -0.25) is 24.6 Å². The van der Waals surface area contributed by atoms with Crippen LogP contribution in [0.15, 0.2) is 72.8 Å². The van der Waals surface area contributed by atoms with Crippen molar-refractivity contribution in [2.45, 2.75) is 57.1 Å². The van der Waals surface area contributed by atoms with E-state index in [1.165, 1.54) is 5.56 Å².